The molecule has 8 nitrogen and oxygen atoms in total. The Hall–Kier alpha value is -4.33. The normalized spacial score (nSPS) is 12.4. The van der Waals surface area contributed by atoms with Gasteiger partial charge in [0.05, 0.1) is 16.9 Å². The lowest BCUT2D eigenvalue weighted by atomic mass is 9.98. The van der Waals surface area contributed by atoms with Crippen LogP contribution in [-0.2, 0) is 7.05 Å². The van der Waals surface area contributed by atoms with Gasteiger partial charge < -0.3 is 14.5 Å². The smallest absolute Gasteiger partial charge is 0.259 e. The first-order chi connectivity index (χ1) is 16.8. The topological polar surface area (TPSA) is 94.7 Å². The van der Waals surface area contributed by atoms with Crippen molar-refractivity contribution in [2.45, 2.75) is 32.9 Å². The van der Waals surface area contributed by atoms with Crippen molar-refractivity contribution in [2.24, 2.45) is 7.05 Å². The van der Waals surface area contributed by atoms with Crippen LogP contribution in [0.1, 0.15) is 38.5 Å². The summed E-state index contributed by atoms with van der Waals surface area (Å²) >= 11 is 0. The minimum absolute atomic E-state index is 0.0698. The number of fused-ring (bicyclic) bond motifs is 2. The molecule has 0 aliphatic rings. The predicted molar refractivity (Wildman–Crippen MR) is 139 cm³/mol. The van der Waals surface area contributed by atoms with E-state index in [1.54, 1.807) is 25.5 Å². The van der Waals surface area contributed by atoms with Crippen LogP contribution in [0.25, 0.3) is 32.9 Å². The Balaban J connectivity index is 1.67. The summed E-state index contributed by atoms with van der Waals surface area (Å²) in [6, 6.07) is 14.6. The molecule has 35 heavy (non-hydrogen) atoms. The predicted octanol–water partition coefficient (Wildman–Crippen LogP) is 4.46. The highest BCUT2D eigenvalue weighted by atomic mass is 16.1. The lowest BCUT2D eigenvalue weighted by Crippen LogP contribution is -2.28. The molecule has 1 N–H and O–H groups in total. The molecule has 0 saturated carbocycles. The van der Waals surface area contributed by atoms with Crippen molar-refractivity contribution >= 4 is 27.6 Å². The third kappa shape index (κ3) is 3.97. The molecular formula is C27H26N6O2. The molecule has 176 valence electrons. The molecule has 5 aromatic rings. The first-order valence-corrected chi connectivity index (χ1v) is 11.5. The average Bonchev–Trinajstić information content (AvgIpc) is 2.85. The first kappa shape index (κ1) is 22.5. The molecular weight excluding hydrogens is 440 g/mol. The summed E-state index contributed by atoms with van der Waals surface area (Å²) in [5, 5.41) is 4.91. The summed E-state index contributed by atoms with van der Waals surface area (Å²) in [7, 11) is 1.71. The van der Waals surface area contributed by atoms with Gasteiger partial charge in [0.1, 0.15) is 11.8 Å². The Morgan fingerprint density at radius 2 is 1.77 bits per heavy atom. The van der Waals surface area contributed by atoms with Crippen molar-refractivity contribution in [3.05, 3.63) is 93.7 Å². The molecule has 0 amide bonds. The van der Waals surface area contributed by atoms with E-state index in [4.69, 9.17) is 0 Å². The summed E-state index contributed by atoms with van der Waals surface area (Å²) in [5.41, 5.74) is 3.73. The highest BCUT2D eigenvalue weighted by Crippen LogP contribution is 2.30. The Bertz CT molecular complexity index is 1680. The van der Waals surface area contributed by atoms with Gasteiger partial charge in [-0.3, -0.25) is 14.6 Å². The minimum atomic E-state index is -0.226. The zero-order chi connectivity index (χ0) is 24.7. The van der Waals surface area contributed by atoms with Crippen LogP contribution in [0.2, 0.25) is 0 Å². The van der Waals surface area contributed by atoms with Gasteiger partial charge in [-0.05, 0) is 61.5 Å². The van der Waals surface area contributed by atoms with Gasteiger partial charge in [0, 0.05) is 37.2 Å². The Labute approximate surface area is 201 Å². The van der Waals surface area contributed by atoms with E-state index in [-0.39, 0.29) is 23.2 Å². The van der Waals surface area contributed by atoms with E-state index in [1.165, 1.54) is 17.0 Å². The summed E-state index contributed by atoms with van der Waals surface area (Å²) < 4.78 is 3.35. The molecule has 0 fully saturated rings. The van der Waals surface area contributed by atoms with Crippen LogP contribution < -0.4 is 16.4 Å². The second-order valence-corrected chi connectivity index (χ2v) is 8.93. The molecule has 4 heterocycles. The second-order valence-electron chi connectivity index (χ2n) is 8.93. The fourth-order valence-corrected chi connectivity index (χ4v) is 4.53. The maximum absolute atomic E-state index is 13.9. The largest absolute Gasteiger partial charge is 0.360 e. The molecule has 0 aliphatic heterocycles. The highest BCUT2D eigenvalue weighted by molar-refractivity contribution is 5.96. The van der Waals surface area contributed by atoms with E-state index >= 15 is 0 Å². The summed E-state index contributed by atoms with van der Waals surface area (Å²) in [4.78, 5) is 39.0. The Kier molecular flexibility index (Phi) is 5.64. The molecule has 0 radical (unpaired) electrons. The van der Waals surface area contributed by atoms with Crippen LogP contribution in [0.5, 0.6) is 0 Å². The molecule has 8 heteroatoms. The number of hydrogen-bond acceptors (Lipinski definition) is 6. The summed E-state index contributed by atoms with van der Waals surface area (Å²) in [5.74, 6) is 0.616. The van der Waals surface area contributed by atoms with Gasteiger partial charge in [0.2, 0.25) is 5.56 Å². The van der Waals surface area contributed by atoms with Crippen LogP contribution in [0.3, 0.4) is 0 Å². The minimum Gasteiger partial charge on any atom is -0.360 e. The third-order valence-corrected chi connectivity index (χ3v) is 6.22. The fraction of sp³-hybridized carbons (Fsp3) is 0.222. The van der Waals surface area contributed by atoms with Crippen LogP contribution in [0.15, 0.2) is 76.8 Å². The van der Waals surface area contributed by atoms with Gasteiger partial charge in [0.25, 0.3) is 5.56 Å². The van der Waals surface area contributed by atoms with Crippen molar-refractivity contribution < 1.29 is 0 Å². The summed E-state index contributed by atoms with van der Waals surface area (Å²) in [6.45, 7) is 6.01. The van der Waals surface area contributed by atoms with E-state index in [1.807, 2.05) is 55.7 Å². The quantitative estimate of drug-likeness (QED) is 0.411. The number of pyridine rings is 3. The SMILES string of the molecule is CC(Nc1ncnc2cccnc12)c1cc2cccc(-c3ccc(=O)n(C)c3)c2c(=O)n1C(C)C. The van der Waals surface area contributed by atoms with Crippen LogP contribution in [0, 0.1) is 0 Å². The second kappa shape index (κ2) is 8.79. The van der Waals surface area contributed by atoms with Crippen LogP contribution >= 0.6 is 0 Å². The zero-order valence-corrected chi connectivity index (χ0v) is 20.1. The van der Waals surface area contributed by atoms with E-state index < -0.39 is 0 Å². The van der Waals surface area contributed by atoms with Gasteiger partial charge in [-0.1, -0.05) is 18.2 Å². The van der Waals surface area contributed by atoms with Gasteiger partial charge >= 0.3 is 0 Å². The van der Waals surface area contributed by atoms with Crippen LogP contribution in [-0.4, -0.2) is 24.1 Å². The molecule has 1 atom stereocenters. The van der Waals surface area contributed by atoms with Gasteiger partial charge in [-0.25, -0.2) is 9.97 Å². The average molecular weight is 467 g/mol. The van der Waals surface area contributed by atoms with Crippen molar-refractivity contribution in [3.63, 3.8) is 0 Å². The van der Waals surface area contributed by atoms with Crippen molar-refractivity contribution in [1.29, 1.82) is 0 Å². The molecule has 4 aromatic heterocycles. The molecule has 0 spiro atoms. The van der Waals surface area contributed by atoms with Crippen molar-refractivity contribution in [2.75, 3.05) is 5.32 Å². The number of hydrogen-bond donors (Lipinski definition) is 1. The van der Waals surface area contributed by atoms with E-state index in [0.717, 1.165) is 27.7 Å². The molecule has 0 bridgehead atoms. The molecule has 5 rings (SSSR count). The number of aromatic nitrogens is 5. The maximum Gasteiger partial charge on any atom is 0.259 e. The van der Waals surface area contributed by atoms with Gasteiger partial charge in [0.15, 0.2) is 5.82 Å². The molecule has 1 aromatic carbocycles. The number of aryl methyl sites for hydroxylation is 1. The standard InChI is InChI=1S/C27H26N6O2/c1-16(2)33-22(17(3)31-26-25-21(29-15-30-26)9-6-12-28-25)13-18-7-5-8-20(24(18)27(33)35)19-10-11-23(34)32(4)14-19/h5-17H,1-4H3,(H,29,30,31). The van der Waals surface area contributed by atoms with Gasteiger partial charge in [-0.2, -0.15) is 0 Å². The maximum atomic E-state index is 13.9. The van der Waals surface area contributed by atoms with Crippen molar-refractivity contribution in [3.8, 4) is 11.1 Å². The number of benzene rings is 1. The molecule has 0 aliphatic carbocycles. The van der Waals surface area contributed by atoms with Crippen molar-refractivity contribution in [1.82, 2.24) is 24.1 Å². The Morgan fingerprint density at radius 3 is 2.54 bits per heavy atom. The first-order valence-electron chi connectivity index (χ1n) is 11.5. The van der Waals surface area contributed by atoms with Gasteiger partial charge in [-0.15, -0.1) is 0 Å². The third-order valence-electron chi connectivity index (χ3n) is 6.22. The van der Waals surface area contributed by atoms with Crippen LogP contribution in [0.4, 0.5) is 5.82 Å². The number of nitrogens with one attached hydrogen (secondary N) is 1. The lowest BCUT2D eigenvalue weighted by molar-refractivity contribution is 0.541. The molecule has 0 saturated heterocycles. The summed E-state index contributed by atoms with van der Waals surface area (Å²) in [6.07, 6.45) is 4.98. The van der Waals surface area contributed by atoms with E-state index in [2.05, 4.69) is 26.3 Å². The number of anilines is 1. The lowest BCUT2D eigenvalue weighted by Gasteiger charge is -2.24. The monoisotopic (exact) mass is 466 g/mol. The highest BCUT2D eigenvalue weighted by Gasteiger charge is 2.20. The number of rotatable bonds is 5. The van der Waals surface area contributed by atoms with E-state index in [0.29, 0.717) is 16.7 Å². The Morgan fingerprint density at radius 1 is 0.943 bits per heavy atom. The number of nitrogens with zero attached hydrogens (tertiary/aromatic N) is 5. The zero-order valence-electron chi connectivity index (χ0n) is 20.1. The van der Waals surface area contributed by atoms with E-state index in [9.17, 15) is 9.59 Å². The molecule has 1 unspecified atom stereocenters. The fourth-order valence-electron chi connectivity index (χ4n) is 4.53.